The van der Waals surface area contributed by atoms with Crippen molar-refractivity contribution in [2.75, 3.05) is 52.5 Å². The van der Waals surface area contributed by atoms with E-state index in [0.717, 1.165) is 52.2 Å². The van der Waals surface area contributed by atoms with Gasteiger partial charge in [-0.05, 0) is 24.7 Å². The minimum Gasteiger partial charge on any atom is -0.396 e. The van der Waals surface area contributed by atoms with Gasteiger partial charge in [0, 0.05) is 52.3 Å². The summed E-state index contributed by atoms with van der Waals surface area (Å²) in [6.07, 6.45) is 5.45. The first-order valence-electron chi connectivity index (χ1n) is 9.25. The first-order valence-corrected chi connectivity index (χ1v) is 9.25. The first-order chi connectivity index (χ1) is 12.2. The van der Waals surface area contributed by atoms with Gasteiger partial charge in [-0.2, -0.15) is 5.10 Å². The lowest BCUT2D eigenvalue weighted by atomic mass is 9.89. The van der Waals surface area contributed by atoms with Crippen LogP contribution in [0.2, 0.25) is 0 Å². The molecule has 8 nitrogen and oxygen atoms in total. The lowest BCUT2D eigenvalue weighted by Gasteiger charge is -2.40. The summed E-state index contributed by atoms with van der Waals surface area (Å²) in [6, 6.07) is 0. The lowest BCUT2D eigenvalue weighted by Crippen LogP contribution is -2.49. The van der Waals surface area contributed by atoms with Crippen LogP contribution >= 0.6 is 0 Å². The molecule has 0 bridgehead atoms. The van der Waals surface area contributed by atoms with Gasteiger partial charge in [0.2, 0.25) is 5.91 Å². The van der Waals surface area contributed by atoms with Gasteiger partial charge >= 0.3 is 0 Å². The van der Waals surface area contributed by atoms with Crippen molar-refractivity contribution < 1.29 is 14.6 Å². The number of amides is 1. The van der Waals surface area contributed by atoms with E-state index in [0.29, 0.717) is 25.4 Å². The molecular weight excluding hydrogens is 322 g/mol. The fourth-order valence-electron chi connectivity index (χ4n) is 3.83. The smallest absolute Gasteiger partial charge is 0.222 e. The van der Waals surface area contributed by atoms with Crippen molar-refractivity contribution in [1.82, 2.24) is 24.6 Å². The maximum absolute atomic E-state index is 12.6. The van der Waals surface area contributed by atoms with E-state index in [-0.39, 0.29) is 18.4 Å². The highest BCUT2D eigenvalue weighted by atomic mass is 16.5. The summed E-state index contributed by atoms with van der Waals surface area (Å²) in [5.74, 6) is 0.813. The Hall–Kier alpha value is -1.51. The minimum atomic E-state index is 0.155. The molecule has 2 saturated heterocycles. The van der Waals surface area contributed by atoms with Crippen molar-refractivity contribution in [1.29, 1.82) is 0 Å². The number of aliphatic hydroxyl groups is 1. The topological polar surface area (TPSA) is 83.7 Å². The molecule has 0 radical (unpaired) electrons. The average Bonchev–Trinajstić information content (AvgIpc) is 3.15. The molecule has 3 heterocycles. The molecule has 0 unspecified atom stereocenters. The quantitative estimate of drug-likeness (QED) is 0.735. The fourth-order valence-corrected chi connectivity index (χ4v) is 3.83. The second-order valence-electron chi connectivity index (χ2n) is 7.12. The number of carbonyl (C=O) groups is 1. The van der Waals surface area contributed by atoms with Gasteiger partial charge in [-0.1, -0.05) is 0 Å². The van der Waals surface area contributed by atoms with E-state index in [1.165, 1.54) is 6.33 Å². The number of piperidine rings is 1. The molecule has 8 heteroatoms. The molecule has 1 amide bonds. The van der Waals surface area contributed by atoms with Gasteiger partial charge in [-0.3, -0.25) is 14.4 Å². The second-order valence-corrected chi connectivity index (χ2v) is 7.12. The van der Waals surface area contributed by atoms with E-state index in [9.17, 15) is 9.90 Å². The summed E-state index contributed by atoms with van der Waals surface area (Å²) in [6.45, 7) is 6.85. The predicted octanol–water partition coefficient (Wildman–Crippen LogP) is -0.152. The van der Waals surface area contributed by atoms with Gasteiger partial charge in [0.1, 0.15) is 12.7 Å². The molecule has 0 aliphatic carbocycles. The zero-order valence-corrected chi connectivity index (χ0v) is 14.8. The van der Waals surface area contributed by atoms with Gasteiger partial charge in [0.25, 0.3) is 0 Å². The van der Waals surface area contributed by atoms with Crippen molar-refractivity contribution in [3.05, 3.63) is 12.7 Å². The van der Waals surface area contributed by atoms with E-state index in [2.05, 4.69) is 15.0 Å². The van der Waals surface area contributed by atoms with Crippen LogP contribution < -0.4 is 0 Å². The third kappa shape index (κ3) is 5.49. The zero-order chi connectivity index (χ0) is 17.5. The Morgan fingerprint density at radius 3 is 2.76 bits per heavy atom. The molecule has 2 aliphatic rings. The van der Waals surface area contributed by atoms with E-state index in [1.54, 1.807) is 11.0 Å². The van der Waals surface area contributed by atoms with Crippen molar-refractivity contribution in [2.45, 2.75) is 25.8 Å². The van der Waals surface area contributed by atoms with Crippen molar-refractivity contribution in [3.8, 4) is 0 Å². The Kier molecular flexibility index (Phi) is 6.77. The van der Waals surface area contributed by atoms with Crippen LogP contribution in [0.25, 0.3) is 0 Å². The van der Waals surface area contributed by atoms with E-state index < -0.39 is 0 Å². The van der Waals surface area contributed by atoms with Crippen LogP contribution in [0.4, 0.5) is 0 Å². The fraction of sp³-hybridized carbons (Fsp3) is 0.824. The lowest BCUT2D eigenvalue weighted by molar-refractivity contribution is -0.135. The van der Waals surface area contributed by atoms with Crippen LogP contribution in [0, 0.1) is 11.8 Å². The molecule has 1 aromatic heterocycles. The second kappa shape index (κ2) is 9.26. The molecule has 1 N–H and O–H groups in total. The standard InChI is InChI=1S/C17H29N5O3/c23-12-16-8-15(9-20-4-6-25-7-5-20)10-21(11-16)17(24)2-1-3-22-14-18-13-19-22/h13-16,23H,1-12H2/t15-,16+/m0/s1. The molecular formula is C17H29N5O3. The number of hydrogen-bond donors (Lipinski definition) is 1. The Balaban J connectivity index is 1.47. The Labute approximate surface area is 148 Å². The van der Waals surface area contributed by atoms with Crippen LogP contribution in [-0.4, -0.2) is 88.1 Å². The van der Waals surface area contributed by atoms with Gasteiger partial charge in [-0.15, -0.1) is 0 Å². The minimum absolute atomic E-state index is 0.155. The Bertz CT molecular complexity index is 518. The summed E-state index contributed by atoms with van der Waals surface area (Å²) in [5.41, 5.74) is 0. The molecule has 140 valence electrons. The van der Waals surface area contributed by atoms with Crippen molar-refractivity contribution in [2.24, 2.45) is 11.8 Å². The number of aromatic nitrogens is 3. The van der Waals surface area contributed by atoms with Crippen molar-refractivity contribution in [3.63, 3.8) is 0 Å². The van der Waals surface area contributed by atoms with Gasteiger partial charge in [0.05, 0.1) is 13.2 Å². The monoisotopic (exact) mass is 351 g/mol. The van der Waals surface area contributed by atoms with Crippen LogP contribution in [0.5, 0.6) is 0 Å². The molecule has 2 atom stereocenters. The maximum Gasteiger partial charge on any atom is 0.222 e. The first kappa shape index (κ1) is 18.3. The Morgan fingerprint density at radius 1 is 1.24 bits per heavy atom. The van der Waals surface area contributed by atoms with Gasteiger partial charge in [-0.25, -0.2) is 4.98 Å². The molecule has 2 aliphatic heterocycles. The van der Waals surface area contributed by atoms with Crippen LogP contribution in [0.15, 0.2) is 12.7 Å². The van der Waals surface area contributed by atoms with Gasteiger partial charge in [0.15, 0.2) is 0 Å². The third-order valence-corrected chi connectivity index (χ3v) is 5.10. The number of hydrogen-bond acceptors (Lipinski definition) is 6. The highest BCUT2D eigenvalue weighted by Crippen LogP contribution is 2.24. The number of likely N-dealkylation sites (tertiary alicyclic amines) is 1. The normalized spacial score (nSPS) is 25.2. The predicted molar refractivity (Wildman–Crippen MR) is 91.8 cm³/mol. The van der Waals surface area contributed by atoms with Gasteiger partial charge < -0.3 is 14.7 Å². The number of aliphatic hydroxyl groups excluding tert-OH is 1. The molecule has 0 spiro atoms. The maximum atomic E-state index is 12.6. The summed E-state index contributed by atoms with van der Waals surface area (Å²) >= 11 is 0. The highest BCUT2D eigenvalue weighted by molar-refractivity contribution is 5.76. The summed E-state index contributed by atoms with van der Waals surface area (Å²) < 4.78 is 7.16. The summed E-state index contributed by atoms with van der Waals surface area (Å²) in [4.78, 5) is 20.9. The number of aryl methyl sites for hydroxylation is 1. The molecule has 0 aromatic carbocycles. The molecule has 3 rings (SSSR count). The summed E-state index contributed by atoms with van der Waals surface area (Å²) in [5, 5.41) is 13.7. The molecule has 1 aromatic rings. The number of carbonyl (C=O) groups excluding carboxylic acids is 1. The molecule has 2 fully saturated rings. The van der Waals surface area contributed by atoms with E-state index >= 15 is 0 Å². The molecule has 25 heavy (non-hydrogen) atoms. The SMILES string of the molecule is O=C(CCCn1cncn1)N1C[C@H](CO)C[C@@H](CN2CCOCC2)C1. The average molecular weight is 351 g/mol. The number of nitrogens with zero attached hydrogens (tertiary/aromatic N) is 5. The zero-order valence-electron chi connectivity index (χ0n) is 14.8. The largest absolute Gasteiger partial charge is 0.396 e. The number of rotatable bonds is 7. The molecule has 0 saturated carbocycles. The highest BCUT2D eigenvalue weighted by Gasteiger charge is 2.30. The van der Waals surface area contributed by atoms with Crippen molar-refractivity contribution >= 4 is 5.91 Å². The van der Waals surface area contributed by atoms with Crippen LogP contribution in [-0.2, 0) is 16.1 Å². The third-order valence-electron chi connectivity index (χ3n) is 5.10. The summed E-state index contributed by atoms with van der Waals surface area (Å²) in [7, 11) is 0. The number of ether oxygens (including phenoxy) is 1. The van der Waals surface area contributed by atoms with Crippen LogP contribution in [0.3, 0.4) is 0 Å². The number of morpholine rings is 1. The van der Waals surface area contributed by atoms with E-state index in [1.807, 2.05) is 4.90 Å². The van der Waals surface area contributed by atoms with Crippen LogP contribution in [0.1, 0.15) is 19.3 Å². The Morgan fingerprint density at radius 2 is 2.04 bits per heavy atom. The van der Waals surface area contributed by atoms with E-state index in [4.69, 9.17) is 4.74 Å².